The summed E-state index contributed by atoms with van der Waals surface area (Å²) in [5.74, 6) is 0.681. The fourth-order valence-electron chi connectivity index (χ4n) is 9.74. The largest absolute Gasteiger partial charge is 0.309 e. The topological polar surface area (TPSA) is 30.7 Å². The van der Waals surface area contributed by atoms with Crippen molar-refractivity contribution < 1.29 is 0 Å². The second-order valence-electron chi connectivity index (χ2n) is 16.1. The van der Waals surface area contributed by atoms with Gasteiger partial charge in [0.15, 0.2) is 5.82 Å². The maximum Gasteiger partial charge on any atom is 0.160 e. The first-order valence-corrected chi connectivity index (χ1v) is 21.9. The Labute approximate surface area is 361 Å². The van der Waals surface area contributed by atoms with Gasteiger partial charge in [0.05, 0.1) is 22.4 Å². The summed E-state index contributed by atoms with van der Waals surface area (Å²) >= 11 is 1.83. The Balaban J connectivity index is 1.10. The van der Waals surface area contributed by atoms with E-state index >= 15 is 0 Å². The third kappa shape index (κ3) is 5.44. The fourth-order valence-corrected chi connectivity index (χ4v) is 11.0. The first-order valence-electron chi connectivity index (χ1n) is 21.1. The molecule has 0 saturated carbocycles. The minimum atomic E-state index is 0.681. The van der Waals surface area contributed by atoms with Crippen LogP contribution in [-0.4, -0.2) is 14.5 Å². The van der Waals surface area contributed by atoms with Crippen LogP contribution in [0.5, 0.6) is 0 Å². The van der Waals surface area contributed by atoms with Gasteiger partial charge in [-0.2, -0.15) is 0 Å². The third-order valence-electron chi connectivity index (χ3n) is 12.6. The highest BCUT2D eigenvalue weighted by atomic mass is 32.1. The van der Waals surface area contributed by atoms with Gasteiger partial charge in [0.1, 0.15) is 0 Å². The monoisotopic (exact) mass is 805 g/mol. The number of fused-ring (bicyclic) bond motifs is 12. The first-order chi connectivity index (χ1) is 30.7. The van der Waals surface area contributed by atoms with E-state index < -0.39 is 0 Å². The molecule has 0 aliphatic rings. The Bertz CT molecular complexity index is 3840. The van der Waals surface area contributed by atoms with E-state index in [0.717, 1.165) is 55.9 Å². The number of thiophene rings is 1. The van der Waals surface area contributed by atoms with Gasteiger partial charge in [-0.3, -0.25) is 0 Å². The molecule has 0 radical (unpaired) electrons. The Morgan fingerprint density at radius 3 is 1.58 bits per heavy atom. The van der Waals surface area contributed by atoms with Crippen LogP contribution < -0.4 is 0 Å². The molecule has 3 aromatic heterocycles. The van der Waals surface area contributed by atoms with Crippen molar-refractivity contribution >= 4 is 85.6 Å². The molecule has 3 nitrogen and oxygen atoms in total. The van der Waals surface area contributed by atoms with Crippen LogP contribution in [0.4, 0.5) is 0 Å². The molecule has 288 valence electrons. The Hall–Kier alpha value is -7.92. The Kier molecular flexibility index (Phi) is 7.78. The predicted molar refractivity (Wildman–Crippen MR) is 264 cm³/mol. The van der Waals surface area contributed by atoms with Crippen molar-refractivity contribution in [3.05, 3.63) is 212 Å². The van der Waals surface area contributed by atoms with Crippen molar-refractivity contribution in [1.29, 1.82) is 0 Å². The average molecular weight is 806 g/mol. The number of hydrogen-bond acceptors (Lipinski definition) is 3. The lowest BCUT2D eigenvalue weighted by molar-refractivity contribution is 1.16. The van der Waals surface area contributed by atoms with Gasteiger partial charge in [-0.05, 0) is 92.0 Å². The predicted octanol–water partition coefficient (Wildman–Crippen LogP) is 16.1. The smallest absolute Gasteiger partial charge is 0.160 e. The standard InChI is InChI=1S/C58H35N3S/c1-2-15-36(16-3-1)52-35-53(50-25-14-24-49-48-23-10-13-28-56(48)62-57(49)50)60-58(59-52)39-31-38(32-40(33-39)61-54-26-11-8-21-46(54)47-22-9-12-27-55(47)61)37-29-30-45-43-19-5-4-17-41(43)42-18-6-7-20-44(42)51(45)34-37/h1-35H. The molecule has 62 heavy (non-hydrogen) atoms. The van der Waals surface area contributed by atoms with E-state index in [1.54, 1.807) is 0 Å². The van der Waals surface area contributed by atoms with Crippen molar-refractivity contribution in [2.45, 2.75) is 0 Å². The molecule has 0 atom stereocenters. The van der Waals surface area contributed by atoms with Gasteiger partial charge in [0.25, 0.3) is 0 Å². The lowest BCUT2D eigenvalue weighted by Crippen LogP contribution is -1.99. The van der Waals surface area contributed by atoms with Crippen molar-refractivity contribution in [3.8, 4) is 50.7 Å². The molecule has 0 amide bonds. The number of nitrogens with zero attached hydrogens (tertiary/aromatic N) is 3. The van der Waals surface area contributed by atoms with Crippen LogP contribution in [0.15, 0.2) is 212 Å². The maximum absolute atomic E-state index is 5.51. The number of hydrogen-bond donors (Lipinski definition) is 0. The van der Waals surface area contributed by atoms with E-state index in [-0.39, 0.29) is 0 Å². The van der Waals surface area contributed by atoms with Crippen LogP contribution in [0.2, 0.25) is 0 Å². The van der Waals surface area contributed by atoms with E-state index in [1.165, 1.54) is 63.3 Å². The summed E-state index contributed by atoms with van der Waals surface area (Å²) in [5.41, 5.74) is 10.5. The molecular weight excluding hydrogens is 771 g/mol. The Morgan fingerprint density at radius 2 is 0.871 bits per heavy atom. The summed E-state index contributed by atoms with van der Waals surface area (Å²) < 4.78 is 4.90. The summed E-state index contributed by atoms with van der Waals surface area (Å²) in [5, 5.41) is 12.5. The molecule has 0 fully saturated rings. The van der Waals surface area contributed by atoms with Gasteiger partial charge >= 0.3 is 0 Å². The molecule has 13 rings (SSSR count). The van der Waals surface area contributed by atoms with Gasteiger partial charge in [-0.15, -0.1) is 11.3 Å². The van der Waals surface area contributed by atoms with E-state index in [2.05, 4.69) is 217 Å². The van der Waals surface area contributed by atoms with E-state index in [1.807, 2.05) is 11.3 Å². The fraction of sp³-hybridized carbons (Fsp3) is 0. The summed E-state index contributed by atoms with van der Waals surface area (Å²) in [7, 11) is 0. The number of rotatable bonds is 5. The van der Waals surface area contributed by atoms with Crippen LogP contribution in [-0.2, 0) is 0 Å². The van der Waals surface area contributed by atoms with Gasteiger partial charge in [0.2, 0.25) is 0 Å². The summed E-state index contributed by atoms with van der Waals surface area (Å²) in [4.78, 5) is 10.9. The van der Waals surface area contributed by atoms with Crippen LogP contribution in [0.1, 0.15) is 0 Å². The molecule has 10 aromatic carbocycles. The average Bonchev–Trinajstić information content (AvgIpc) is 3.90. The summed E-state index contributed by atoms with van der Waals surface area (Å²) in [6, 6.07) is 76.8. The second-order valence-corrected chi connectivity index (χ2v) is 17.2. The van der Waals surface area contributed by atoms with E-state index in [4.69, 9.17) is 9.97 Å². The lowest BCUT2D eigenvalue weighted by atomic mass is 9.91. The number of aromatic nitrogens is 3. The maximum atomic E-state index is 5.51. The van der Waals surface area contributed by atoms with Gasteiger partial charge in [-0.25, -0.2) is 9.97 Å². The van der Waals surface area contributed by atoms with Gasteiger partial charge in [-0.1, -0.05) is 164 Å². The molecule has 4 heteroatoms. The van der Waals surface area contributed by atoms with E-state index in [9.17, 15) is 0 Å². The zero-order valence-electron chi connectivity index (χ0n) is 33.5. The molecule has 3 heterocycles. The highest BCUT2D eigenvalue weighted by Crippen LogP contribution is 2.43. The van der Waals surface area contributed by atoms with Crippen molar-refractivity contribution in [2.75, 3.05) is 0 Å². The molecule has 0 aliphatic heterocycles. The van der Waals surface area contributed by atoms with Crippen LogP contribution in [0, 0.1) is 0 Å². The second kappa shape index (κ2) is 13.8. The molecule has 13 aromatic rings. The number of benzene rings is 10. The first kappa shape index (κ1) is 34.9. The Morgan fingerprint density at radius 1 is 0.323 bits per heavy atom. The highest BCUT2D eigenvalue weighted by Gasteiger charge is 2.19. The normalized spacial score (nSPS) is 11.9. The summed E-state index contributed by atoms with van der Waals surface area (Å²) in [6.45, 7) is 0. The third-order valence-corrected chi connectivity index (χ3v) is 13.8. The zero-order chi connectivity index (χ0) is 40.7. The van der Waals surface area contributed by atoms with E-state index in [0.29, 0.717) is 5.82 Å². The zero-order valence-corrected chi connectivity index (χ0v) is 34.3. The lowest BCUT2D eigenvalue weighted by Gasteiger charge is -2.16. The van der Waals surface area contributed by atoms with Crippen LogP contribution in [0.3, 0.4) is 0 Å². The molecule has 0 bridgehead atoms. The SMILES string of the molecule is c1ccc(-c2cc(-c3cccc4c3sc3ccccc34)nc(-c3cc(-c4ccc5c6ccccc6c6ccccc6c5c4)cc(-n4c5ccccc5c5ccccc54)c3)n2)cc1. The minimum Gasteiger partial charge on any atom is -0.309 e. The summed E-state index contributed by atoms with van der Waals surface area (Å²) in [6.07, 6.45) is 0. The molecule has 0 unspecified atom stereocenters. The van der Waals surface area contributed by atoms with Gasteiger partial charge < -0.3 is 4.57 Å². The van der Waals surface area contributed by atoms with Crippen LogP contribution >= 0.6 is 11.3 Å². The molecule has 0 saturated heterocycles. The van der Waals surface area contributed by atoms with Crippen molar-refractivity contribution in [2.24, 2.45) is 0 Å². The number of para-hydroxylation sites is 2. The molecule has 0 spiro atoms. The van der Waals surface area contributed by atoms with Crippen molar-refractivity contribution in [3.63, 3.8) is 0 Å². The molecular formula is C58H35N3S. The molecule has 0 aliphatic carbocycles. The van der Waals surface area contributed by atoms with Gasteiger partial charge in [0, 0.05) is 53.3 Å². The van der Waals surface area contributed by atoms with Crippen LogP contribution in [0.25, 0.3) is 125 Å². The van der Waals surface area contributed by atoms with Crippen molar-refractivity contribution in [1.82, 2.24) is 14.5 Å². The molecule has 0 N–H and O–H groups in total. The highest BCUT2D eigenvalue weighted by molar-refractivity contribution is 7.26. The minimum absolute atomic E-state index is 0.681. The quantitative estimate of drug-likeness (QED) is 0.162.